The first-order valence-corrected chi connectivity index (χ1v) is 9.41. The van der Waals surface area contributed by atoms with Gasteiger partial charge in [0.05, 0.1) is 18.6 Å². The number of nitrogens with zero attached hydrogens (tertiary/aromatic N) is 3. The molecule has 3 aromatic rings. The van der Waals surface area contributed by atoms with E-state index in [4.69, 9.17) is 4.74 Å². The van der Waals surface area contributed by atoms with Crippen molar-refractivity contribution < 1.29 is 9.53 Å². The van der Waals surface area contributed by atoms with E-state index in [0.29, 0.717) is 23.1 Å². The van der Waals surface area contributed by atoms with Gasteiger partial charge in [-0.05, 0) is 47.8 Å². The van der Waals surface area contributed by atoms with Crippen molar-refractivity contribution in [3.05, 3.63) is 58.5 Å². The van der Waals surface area contributed by atoms with Gasteiger partial charge in [-0.1, -0.05) is 12.1 Å². The highest BCUT2D eigenvalue weighted by Gasteiger charge is 2.15. The Kier molecular flexibility index (Phi) is 4.81. The van der Waals surface area contributed by atoms with Gasteiger partial charge in [0.25, 0.3) is 5.56 Å². The van der Waals surface area contributed by atoms with Crippen LogP contribution in [0.25, 0.3) is 10.2 Å². The molecule has 1 fully saturated rings. The van der Waals surface area contributed by atoms with Crippen LogP contribution in [0.3, 0.4) is 0 Å². The minimum absolute atomic E-state index is 0.185. The molecule has 0 bridgehead atoms. The highest BCUT2D eigenvalue weighted by atomic mass is 32.1. The van der Waals surface area contributed by atoms with E-state index in [9.17, 15) is 9.59 Å². The van der Waals surface area contributed by atoms with Gasteiger partial charge in [0.2, 0.25) is 5.91 Å². The second-order valence-electron chi connectivity index (χ2n) is 6.21. The number of aryl methyl sites for hydroxylation is 1. The lowest BCUT2D eigenvalue weighted by Crippen LogP contribution is -2.36. The van der Waals surface area contributed by atoms with Crippen LogP contribution in [-0.4, -0.2) is 41.2 Å². The number of ether oxygens (including phenoxy) is 1. The molecule has 1 saturated heterocycles. The van der Waals surface area contributed by atoms with E-state index in [1.165, 1.54) is 9.64 Å². The van der Waals surface area contributed by atoms with Crippen LogP contribution in [0, 0.1) is 0 Å². The molecule has 2 aromatic heterocycles. The molecule has 0 N–H and O–H groups in total. The third kappa shape index (κ3) is 3.40. The maximum absolute atomic E-state index is 12.4. The number of pyridine rings is 1. The van der Waals surface area contributed by atoms with E-state index in [1.54, 1.807) is 18.3 Å². The Morgan fingerprint density at radius 3 is 2.65 bits per heavy atom. The fourth-order valence-corrected chi connectivity index (χ4v) is 3.98. The summed E-state index contributed by atoms with van der Waals surface area (Å²) in [6.45, 7) is 3.32. The van der Waals surface area contributed by atoms with E-state index in [-0.39, 0.29) is 11.5 Å². The molecule has 0 saturated carbocycles. The number of benzene rings is 1. The minimum atomic E-state index is -0.272. The molecule has 1 aliphatic rings. The second kappa shape index (κ2) is 7.39. The van der Waals surface area contributed by atoms with E-state index in [2.05, 4.69) is 22.0 Å². The van der Waals surface area contributed by atoms with Crippen LogP contribution >= 0.6 is 11.5 Å². The zero-order valence-electron chi connectivity index (χ0n) is 14.3. The lowest BCUT2D eigenvalue weighted by molar-refractivity contribution is 0.0912. The molecule has 1 aromatic carbocycles. The van der Waals surface area contributed by atoms with Gasteiger partial charge in [0.1, 0.15) is 4.83 Å². The summed E-state index contributed by atoms with van der Waals surface area (Å²) in [7, 11) is 0. The quantitative estimate of drug-likeness (QED) is 0.707. The van der Waals surface area contributed by atoms with Crippen LogP contribution in [0.15, 0.2) is 47.4 Å². The van der Waals surface area contributed by atoms with Crippen molar-refractivity contribution in [2.75, 3.05) is 31.2 Å². The summed E-state index contributed by atoms with van der Waals surface area (Å²) in [4.78, 5) is 31.8. The van der Waals surface area contributed by atoms with E-state index < -0.39 is 0 Å². The highest BCUT2D eigenvalue weighted by Crippen LogP contribution is 2.18. The number of hydrogen-bond acceptors (Lipinski definition) is 6. The summed E-state index contributed by atoms with van der Waals surface area (Å²) in [5, 5.41) is 0.501. The lowest BCUT2D eigenvalue weighted by Gasteiger charge is -2.28. The van der Waals surface area contributed by atoms with Crippen LogP contribution in [0.5, 0.6) is 0 Å². The van der Waals surface area contributed by atoms with Crippen LogP contribution in [0.2, 0.25) is 0 Å². The predicted octanol–water partition coefficient (Wildman–Crippen LogP) is 2.57. The number of rotatable bonds is 4. The van der Waals surface area contributed by atoms with Crippen LogP contribution in [0.1, 0.15) is 16.8 Å². The van der Waals surface area contributed by atoms with Gasteiger partial charge >= 0.3 is 0 Å². The number of hydrogen-bond donors (Lipinski definition) is 0. The molecule has 0 aliphatic carbocycles. The minimum Gasteiger partial charge on any atom is -0.378 e. The van der Waals surface area contributed by atoms with E-state index >= 15 is 0 Å². The molecule has 1 aliphatic heterocycles. The van der Waals surface area contributed by atoms with Gasteiger partial charge in [-0.15, -0.1) is 0 Å². The lowest BCUT2D eigenvalue weighted by atomic mass is 10.1. The Morgan fingerprint density at radius 1 is 1.15 bits per heavy atom. The maximum Gasteiger partial charge on any atom is 0.277 e. The molecule has 3 heterocycles. The summed E-state index contributed by atoms with van der Waals surface area (Å²) in [5.74, 6) is -0.185. The molecular formula is C19H19N3O3S. The van der Waals surface area contributed by atoms with E-state index in [0.717, 1.165) is 43.4 Å². The fraction of sp³-hybridized carbons (Fsp3) is 0.316. The number of morpholine rings is 1. The molecule has 0 spiro atoms. The third-order valence-electron chi connectivity index (χ3n) is 4.53. The Bertz CT molecular complexity index is 972. The molecular weight excluding hydrogens is 350 g/mol. The van der Waals surface area contributed by atoms with Crippen LogP contribution < -0.4 is 10.5 Å². The summed E-state index contributed by atoms with van der Waals surface area (Å²) in [5.41, 5.74) is 1.99. The Hall–Kier alpha value is -2.51. The Morgan fingerprint density at radius 2 is 1.92 bits per heavy atom. The molecule has 26 heavy (non-hydrogen) atoms. The zero-order chi connectivity index (χ0) is 17.9. The summed E-state index contributed by atoms with van der Waals surface area (Å²) < 4.78 is 6.59. The third-order valence-corrected chi connectivity index (χ3v) is 5.58. The molecule has 0 radical (unpaired) electrons. The van der Waals surface area contributed by atoms with Gasteiger partial charge in [0, 0.05) is 31.4 Å². The molecule has 0 unspecified atom stereocenters. The van der Waals surface area contributed by atoms with Crippen molar-refractivity contribution in [2.45, 2.75) is 12.8 Å². The highest BCUT2D eigenvalue weighted by molar-refractivity contribution is 7.14. The average molecular weight is 369 g/mol. The van der Waals surface area contributed by atoms with Gasteiger partial charge in [-0.25, -0.2) is 4.98 Å². The first-order chi connectivity index (χ1) is 12.7. The number of fused-ring (bicyclic) bond motifs is 1. The average Bonchev–Trinajstić information content (AvgIpc) is 3.04. The van der Waals surface area contributed by atoms with Crippen molar-refractivity contribution in [3.8, 4) is 0 Å². The van der Waals surface area contributed by atoms with Crippen molar-refractivity contribution in [3.63, 3.8) is 0 Å². The van der Waals surface area contributed by atoms with Crippen LogP contribution in [0.4, 0.5) is 5.69 Å². The standard InChI is InChI=1S/C19H19N3O3S/c23-17(22-19(24)16-2-1-9-20-18(16)26-22)8-5-14-3-6-15(7-4-14)21-10-12-25-13-11-21/h1-4,6-7,9H,5,8,10-13H2. The molecule has 6 nitrogen and oxygen atoms in total. The molecule has 0 amide bonds. The van der Waals surface area contributed by atoms with Crippen molar-refractivity contribution in [1.82, 2.24) is 8.94 Å². The second-order valence-corrected chi connectivity index (χ2v) is 7.14. The predicted molar refractivity (Wildman–Crippen MR) is 102 cm³/mol. The fourth-order valence-electron chi connectivity index (χ4n) is 3.08. The molecule has 4 rings (SSSR count). The molecule has 134 valence electrons. The SMILES string of the molecule is O=C(CCc1ccc(N2CCOCC2)cc1)n1sc2ncccc2c1=O. The Balaban J connectivity index is 1.42. The maximum atomic E-state index is 12.4. The topological polar surface area (TPSA) is 64.4 Å². The van der Waals surface area contributed by atoms with Crippen LogP contribution in [-0.2, 0) is 11.2 Å². The summed E-state index contributed by atoms with van der Waals surface area (Å²) in [6.07, 6.45) is 2.53. The normalized spacial score (nSPS) is 14.7. The Labute approximate surface area is 154 Å². The van der Waals surface area contributed by atoms with Gasteiger partial charge < -0.3 is 9.64 Å². The zero-order valence-corrected chi connectivity index (χ0v) is 15.1. The van der Waals surface area contributed by atoms with Gasteiger partial charge in [-0.3, -0.25) is 9.59 Å². The molecule has 0 atom stereocenters. The van der Waals surface area contributed by atoms with Crippen molar-refractivity contribution >= 4 is 33.3 Å². The smallest absolute Gasteiger partial charge is 0.277 e. The summed E-state index contributed by atoms with van der Waals surface area (Å²) >= 11 is 1.11. The van der Waals surface area contributed by atoms with Crippen molar-refractivity contribution in [2.24, 2.45) is 0 Å². The number of aromatic nitrogens is 2. The van der Waals surface area contributed by atoms with Gasteiger partial charge in [0.15, 0.2) is 0 Å². The number of carbonyl (C=O) groups is 1. The molecule has 7 heteroatoms. The monoisotopic (exact) mass is 369 g/mol. The number of carbonyl (C=O) groups excluding carboxylic acids is 1. The largest absolute Gasteiger partial charge is 0.378 e. The first kappa shape index (κ1) is 16.9. The van der Waals surface area contributed by atoms with Crippen molar-refractivity contribution in [1.29, 1.82) is 0 Å². The van der Waals surface area contributed by atoms with E-state index in [1.807, 2.05) is 12.1 Å². The number of anilines is 1. The van der Waals surface area contributed by atoms with Gasteiger partial charge in [-0.2, -0.15) is 3.96 Å². The summed E-state index contributed by atoms with van der Waals surface area (Å²) in [6, 6.07) is 11.7. The first-order valence-electron chi connectivity index (χ1n) is 8.64.